The summed E-state index contributed by atoms with van der Waals surface area (Å²) < 4.78 is -0.665. The molecule has 30 heavy (non-hydrogen) atoms. The van der Waals surface area contributed by atoms with Gasteiger partial charge in [-0.05, 0) is 36.6 Å². The van der Waals surface area contributed by atoms with E-state index in [1.165, 1.54) is 22.0 Å². The summed E-state index contributed by atoms with van der Waals surface area (Å²) in [5.41, 5.74) is 1.11. The van der Waals surface area contributed by atoms with E-state index in [2.05, 4.69) is 28.8 Å². The number of nitrogens with zero attached hydrogens (tertiary/aromatic N) is 1. The number of aliphatic carboxylic acids is 1. The summed E-state index contributed by atoms with van der Waals surface area (Å²) in [6.45, 7) is 3.97. The molecule has 4 rings (SSSR count). The number of carbonyl (C=O) groups is 3. The van der Waals surface area contributed by atoms with E-state index < -0.39 is 28.8 Å². The van der Waals surface area contributed by atoms with Gasteiger partial charge in [-0.2, -0.15) is 0 Å². The van der Waals surface area contributed by atoms with E-state index in [0.29, 0.717) is 13.0 Å². The number of urea groups is 1. The van der Waals surface area contributed by atoms with E-state index >= 15 is 0 Å². The minimum absolute atomic E-state index is 0. The predicted molar refractivity (Wildman–Crippen MR) is 109 cm³/mol. The molecule has 2 saturated heterocycles. The summed E-state index contributed by atoms with van der Waals surface area (Å²) in [6.07, 6.45) is 0.668. The third-order valence-electron chi connectivity index (χ3n) is 5.46. The van der Waals surface area contributed by atoms with Crippen molar-refractivity contribution in [3.05, 3.63) is 48.0 Å². The Labute approximate surface area is 201 Å². The molecule has 152 valence electrons. The van der Waals surface area contributed by atoms with Crippen molar-refractivity contribution in [3.63, 3.8) is 0 Å². The van der Waals surface area contributed by atoms with Crippen LogP contribution in [0.25, 0.3) is 10.8 Å². The number of carboxylic acid groups (broad SMARTS) is 1. The van der Waals surface area contributed by atoms with E-state index in [1.54, 1.807) is 13.8 Å². The van der Waals surface area contributed by atoms with Crippen molar-refractivity contribution < 1.29 is 49.0 Å². The second kappa shape index (κ2) is 8.78. The number of hydrogen-bond donors (Lipinski definition) is 2. The number of fused-ring (bicyclic) bond motifs is 2. The quantitative estimate of drug-likeness (QED) is 0.413. The number of nitrogens with one attached hydrogen (secondary N) is 2. The maximum atomic E-state index is 12.4. The molecular formula is C21H22N3NaO4S. The Morgan fingerprint density at radius 1 is 1.17 bits per heavy atom. The molecule has 2 N–H and O–H groups in total. The van der Waals surface area contributed by atoms with E-state index in [0.717, 1.165) is 10.9 Å². The first-order valence-corrected chi connectivity index (χ1v) is 10.4. The Hall–Kier alpha value is -1.74. The average Bonchev–Trinajstić information content (AvgIpc) is 2.94. The second-order valence-electron chi connectivity index (χ2n) is 7.89. The van der Waals surface area contributed by atoms with Gasteiger partial charge in [-0.15, -0.1) is 11.8 Å². The Balaban J connectivity index is 0.00000256. The molecule has 0 aliphatic carbocycles. The van der Waals surface area contributed by atoms with E-state index in [1.807, 2.05) is 24.3 Å². The van der Waals surface area contributed by atoms with Crippen molar-refractivity contribution in [2.24, 2.45) is 0 Å². The Kier molecular flexibility index (Phi) is 6.72. The minimum atomic E-state index is -1.27. The first kappa shape index (κ1) is 22.9. The molecule has 2 aliphatic rings. The average molecular weight is 435 g/mol. The van der Waals surface area contributed by atoms with Crippen LogP contribution in [0.3, 0.4) is 0 Å². The van der Waals surface area contributed by atoms with Gasteiger partial charge in [0.25, 0.3) is 0 Å². The molecule has 3 amide bonds. The number of carbonyl (C=O) groups excluding carboxylic acids is 3. The van der Waals surface area contributed by atoms with E-state index in [9.17, 15) is 19.5 Å². The summed E-state index contributed by atoms with van der Waals surface area (Å²) in [7, 11) is 0. The first-order chi connectivity index (χ1) is 13.8. The molecule has 2 heterocycles. The smallest absolute Gasteiger partial charge is 0.548 e. The van der Waals surface area contributed by atoms with Crippen molar-refractivity contribution >= 4 is 40.4 Å². The SMILES string of the molecule is CC1(C)SC2C(NC(=O)NCCc3ccc4ccccc4c3)C(=O)N2[C@H]1C(=O)[O-].[Na+]. The van der Waals surface area contributed by atoms with Crippen LogP contribution in [0.1, 0.15) is 19.4 Å². The number of carboxylic acids is 1. The van der Waals surface area contributed by atoms with E-state index in [-0.39, 0.29) is 40.8 Å². The fourth-order valence-electron chi connectivity index (χ4n) is 4.03. The normalized spacial score (nSPS) is 23.9. The summed E-state index contributed by atoms with van der Waals surface area (Å²) in [5, 5.41) is 18.8. The number of β-lactam (4-membered cyclic amide) rings is 1. The fourth-order valence-corrected chi connectivity index (χ4v) is 5.65. The third-order valence-corrected chi connectivity index (χ3v) is 7.04. The van der Waals surface area contributed by atoms with Crippen LogP contribution in [-0.4, -0.2) is 51.6 Å². The molecule has 2 aromatic rings. The van der Waals surface area contributed by atoms with Crippen LogP contribution in [0.5, 0.6) is 0 Å². The summed E-state index contributed by atoms with van der Waals surface area (Å²) in [6, 6.07) is 12.1. The third kappa shape index (κ3) is 4.19. The van der Waals surface area contributed by atoms with Crippen LogP contribution in [0, 0.1) is 0 Å². The second-order valence-corrected chi connectivity index (χ2v) is 9.66. The van der Waals surface area contributed by atoms with Crippen molar-refractivity contribution in [1.29, 1.82) is 0 Å². The molecule has 2 fully saturated rings. The molecule has 0 saturated carbocycles. The van der Waals surface area contributed by atoms with Crippen LogP contribution in [0.15, 0.2) is 42.5 Å². The summed E-state index contributed by atoms with van der Waals surface area (Å²) in [5.74, 6) is -1.65. The predicted octanol–water partition coefficient (Wildman–Crippen LogP) is -2.13. The molecule has 2 unspecified atom stereocenters. The molecule has 7 nitrogen and oxygen atoms in total. The van der Waals surface area contributed by atoms with Gasteiger partial charge in [-0.3, -0.25) is 4.79 Å². The molecule has 0 spiro atoms. The maximum Gasteiger partial charge on any atom is 1.00 e. The van der Waals surface area contributed by atoms with Gasteiger partial charge in [0.15, 0.2) is 0 Å². The number of rotatable bonds is 5. The topological polar surface area (TPSA) is 102 Å². The van der Waals surface area contributed by atoms with Crippen molar-refractivity contribution in [2.45, 2.75) is 42.5 Å². The van der Waals surface area contributed by atoms with Crippen LogP contribution in [0.4, 0.5) is 4.79 Å². The van der Waals surface area contributed by atoms with Crippen molar-refractivity contribution in [3.8, 4) is 0 Å². The maximum absolute atomic E-state index is 12.4. The zero-order valence-corrected chi connectivity index (χ0v) is 20.0. The van der Waals surface area contributed by atoms with E-state index in [4.69, 9.17) is 0 Å². The van der Waals surface area contributed by atoms with Gasteiger partial charge in [0.05, 0.1) is 12.0 Å². The Bertz CT molecular complexity index is 999. The standard InChI is InChI=1S/C21H23N3O4S.Na/c1-21(2)16(19(26)27)24-17(25)15(18(24)29-21)23-20(28)22-10-9-12-7-8-13-5-3-4-6-14(13)11-12;/h3-8,11,15-16,18H,9-10H2,1-2H3,(H,26,27)(H2,22,23,28);/q;+1/p-1/t15?,16-,18?;/m0./s1. The molecule has 3 atom stereocenters. The number of benzene rings is 2. The summed E-state index contributed by atoms with van der Waals surface area (Å²) in [4.78, 5) is 37.3. The van der Waals surface area contributed by atoms with Crippen LogP contribution < -0.4 is 45.3 Å². The van der Waals surface area contributed by atoms with Crippen LogP contribution in [0.2, 0.25) is 0 Å². The van der Waals surface area contributed by atoms with Gasteiger partial charge < -0.3 is 25.4 Å². The molecule has 0 radical (unpaired) electrons. The molecule has 0 aromatic heterocycles. The number of hydrogen-bond acceptors (Lipinski definition) is 5. The van der Waals surface area contributed by atoms with Gasteiger partial charge in [-0.1, -0.05) is 42.5 Å². The number of thioether (sulfide) groups is 1. The van der Waals surface area contributed by atoms with Gasteiger partial charge in [0, 0.05) is 11.3 Å². The van der Waals surface area contributed by atoms with Gasteiger partial charge in [0.1, 0.15) is 11.4 Å². The van der Waals surface area contributed by atoms with Crippen LogP contribution >= 0.6 is 11.8 Å². The zero-order valence-electron chi connectivity index (χ0n) is 17.2. The molecule has 2 aliphatic heterocycles. The van der Waals surface area contributed by atoms with Crippen molar-refractivity contribution in [2.75, 3.05) is 6.54 Å². The van der Waals surface area contributed by atoms with Gasteiger partial charge >= 0.3 is 35.6 Å². The van der Waals surface area contributed by atoms with Gasteiger partial charge in [0.2, 0.25) is 5.91 Å². The van der Waals surface area contributed by atoms with Crippen molar-refractivity contribution in [1.82, 2.24) is 15.5 Å². The number of amides is 3. The minimum Gasteiger partial charge on any atom is -0.548 e. The molecule has 2 aromatic carbocycles. The monoisotopic (exact) mass is 435 g/mol. The Morgan fingerprint density at radius 3 is 2.57 bits per heavy atom. The first-order valence-electron chi connectivity index (χ1n) is 9.51. The molecule has 0 bridgehead atoms. The van der Waals surface area contributed by atoms with Gasteiger partial charge in [-0.25, -0.2) is 4.79 Å². The van der Waals surface area contributed by atoms with Crippen LogP contribution in [-0.2, 0) is 16.0 Å². The Morgan fingerprint density at radius 2 is 1.87 bits per heavy atom. The largest absolute Gasteiger partial charge is 1.00 e. The fraction of sp³-hybridized carbons (Fsp3) is 0.381. The zero-order chi connectivity index (χ0) is 20.8. The molecular weight excluding hydrogens is 413 g/mol. The summed E-state index contributed by atoms with van der Waals surface area (Å²) >= 11 is 1.37. The molecule has 9 heteroatoms.